The fourth-order valence-electron chi connectivity index (χ4n) is 5.14. The zero-order valence-corrected chi connectivity index (χ0v) is 24.2. The number of aliphatic hydroxyl groups excluding tert-OH is 1. The highest BCUT2D eigenvalue weighted by Crippen LogP contribution is 2.21. The van der Waals surface area contributed by atoms with Crippen LogP contribution >= 0.6 is 0 Å². The van der Waals surface area contributed by atoms with Gasteiger partial charge in [-0.1, -0.05) is 12.1 Å². The third-order valence-electron chi connectivity index (χ3n) is 7.93. The van der Waals surface area contributed by atoms with Crippen LogP contribution in [0.25, 0.3) is 0 Å². The van der Waals surface area contributed by atoms with Crippen LogP contribution in [-0.4, -0.2) is 119 Å². The number of nitrogens with one attached hydrogen (secondary N) is 1. The predicted octanol–water partition coefficient (Wildman–Crippen LogP) is 1.72. The first kappa shape index (κ1) is 29.8. The number of likely N-dealkylation sites (N-methyl/N-ethyl adjacent to an activating group) is 2. The summed E-state index contributed by atoms with van der Waals surface area (Å²) in [6.45, 7) is 9.39. The molecule has 0 aliphatic carbocycles. The van der Waals surface area contributed by atoms with Crippen LogP contribution in [0.2, 0.25) is 0 Å². The summed E-state index contributed by atoms with van der Waals surface area (Å²) >= 11 is 0. The summed E-state index contributed by atoms with van der Waals surface area (Å²) in [5.74, 6) is -0.111. The smallest absolute Gasteiger partial charge is 0.321 e. The van der Waals surface area contributed by atoms with Gasteiger partial charge in [0.1, 0.15) is 0 Å². The number of hydrogen-bond donors (Lipinski definition) is 2. The number of amides is 3. The van der Waals surface area contributed by atoms with Crippen LogP contribution in [0.15, 0.2) is 30.5 Å². The molecule has 4 rings (SSSR count). The van der Waals surface area contributed by atoms with Crippen molar-refractivity contribution in [3.05, 3.63) is 36.2 Å². The number of anilines is 2. The molecule has 3 amide bonds. The van der Waals surface area contributed by atoms with E-state index in [1.807, 2.05) is 38.1 Å². The van der Waals surface area contributed by atoms with E-state index in [2.05, 4.69) is 32.5 Å². The van der Waals surface area contributed by atoms with Crippen LogP contribution in [0.4, 0.5) is 16.2 Å². The number of aromatic nitrogens is 3. The molecule has 12 nitrogen and oxygen atoms in total. The van der Waals surface area contributed by atoms with Crippen molar-refractivity contribution in [3.63, 3.8) is 0 Å². The summed E-state index contributed by atoms with van der Waals surface area (Å²) in [6.07, 6.45) is 2.30. The molecule has 2 aliphatic rings. The molecule has 1 fully saturated rings. The monoisotopic (exact) mass is 556 g/mol. The maximum Gasteiger partial charge on any atom is 0.321 e. The number of carbonyl (C=O) groups excluding carboxylic acids is 2. The third-order valence-corrected chi connectivity index (χ3v) is 7.93. The van der Waals surface area contributed by atoms with Gasteiger partial charge in [-0.25, -0.2) is 9.48 Å². The maximum atomic E-state index is 13.1. The van der Waals surface area contributed by atoms with Crippen molar-refractivity contribution in [2.24, 2.45) is 5.92 Å². The highest BCUT2D eigenvalue weighted by atomic mass is 16.5. The lowest BCUT2D eigenvalue weighted by molar-refractivity contribution is -0.136. The average Bonchev–Trinajstić information content (AvgIpc) is 3.40. The Morgan fingerprint density at radius 2 is 1.93 bits per heavy atom. The van der Waals surface area contributed by atoms with Gasteiger partial charge in [-0.15, -0.1) is 5.10 Å². The Labute approximate surface area is 236 Å². The largest absolute Gasteiger partial charge is 0.394 e. The van der Waals surface area contributed by atoms with Crippen LogP contribution in [0.1, 0.15) is 32.4 Å². The predicted molar refractivity (Wildman–Crippen MR) is 153 cm³/mol. The minimum Gasteiger partial charge on any atom is -0.394 e. The Bertz CT molecular complexity index is 1100. The molecule has 0 radical (unpaired) electrons. The molecule has 3 heterocycles. The van der Waals surface area contributed by atoms with Gasteiger partial charge in [0, 0.05) is 76.6 Å². The summed E-state index contributed by atoms with van der Waals surface area (Å²) < 4.78 is 8.10. The van der Waals surface area contributed by atoms with Gasteiger partial charge in [0.2, 0.25) is 5.91 Å². The number of rotatable bonds is 6. The van der Waals surface area contributed by atoms with Crippen molar-refractivity contribution in [2.45, 2.75) is 52.0 Å². The molecule has 0 unspecified atom stereocenters. The third kappa shape index (κ3) is 7.70. The van der Waals surface area contributed by atoms with E-state index in [0.717, 1.165) is 43.2 Å². The van der Waals surface area contributed by atoms with E-state index in [1.165, 1.54) is 0 Å². The Morgan fingerprint density at radius 1 is 1.20 bits per heavy atom. The Balaban J connectivity index is 1.41. The van der Waals surface area contributed by atoms with E-state index >= 15 is 0 Å². The molecule has 1 aromatic heterocycles. The molecule has 220 valence electrons. The molecular weight excluding hydrogens is 512 g/mol. The van der Waals surface area contributed by atoms with Gasteiger partial charge in [-0.3, -0.25) is 4.79 Å². The molecule has 0 spiro atoms. The molecule has 40 heavy (non-hydrogen) atoms. The number of aryl methyl sites for hydroxylation is 1. The molecule has 12 heteroatoms. The second-order valence-corrected chi connectivity index (χ2v) is 11.1. The van der Waals surface area contributed by atoms with Crippen molar-refractivity contribution in [1.82, 2.24) is 29.7 Å². The van der Waals surface area contributed by atoms with E-state index < -0.39 is 0 Å². The van der Waals surface area contributed by atoms with Crippen LogP contribution in [0.5, 0.6) is 0 Å². The highest BCUT2D eigenvalue weighted by Gasteiger charge is 2.29. The standard InChI is InChI=1S/C28H44N8O4/c1-21-17-35(22(2)19-37)27(38)6-5-11-36-25(16-29-31-36)20-40-26(21)18-33(4)28(39)30-23-7-9-24(10-8-23)34-14-12-32(3)13-15-34/h7-10,16,21-22,26,37H,5-6,11-15,17-20H2,1-4H3,(H,30,39)/t21-,22+,26-/m0/s1. The summed E-state index contributed by atoms with van der Waals surface area (Å²) in [7, 11) is 3.88. The Hall–Kier alpha value is -3.22. The zero-order chi connectivity index (χ0) is 28.6. The molecule has 2 N–H and O–H groups in total. The second kappa shape index (κ2) is 13.9. The number of hydrogen-bond acceptors (Lipinski definition) is 8. The molecule has 1 aromatic carbocycles. The van der Waals surface area contributed by atoms with Gasteiger partial charge < -0.3 is 34.8 Å². The minimum atomic E-state index is -0.362. The maximum absolute atomic E-state index is 13.1. The summed E-state index contributed by atoms with van der Waals surface area (Å²) in [5, 5.41) is 20.9. The number of nitrogens with zero attached hydrogens (tertiary/aromatic N) is 7. The molecule has 3 atom stereocenters. The van der Waals surface area contributed by atoms with Gasteiger partial charge >= 0.3 is 6.03 Å². The van der Waals surface area contributed by atoms with Gasteiger partial charge in [0.05, 0.1) is 37.3 Å². The van der Waals surface area contributed by atoms with Crippen molar-refractivity contribution in [1.29, 1.82) is 0 Å². The first-order valence-corrected chi connectivity index (χ1v) is 14.2. The number of aliphatic hydroxyl groups is 1. The van der Waals surface area contributed by atoms with Crippen molar-refractivity contribution in [2.75, 3.05) is 70.2 Å². The van der Waals surface area contributed by atoms with E-state index in [4.69, 9.17) is 4.74 Å². The number of fused-ring (bicyclic) bond motifs is 1. The number of piperazine rings is 1. The van der Waals surface area contributed by atoms with Crippen LogP contribution in [-0.2, 0) is 22.7 Å². The quantitative estimate of drug-likeness (QED) is 0.552. The molecule has 0 saturated carbocycles. The zero-order valence-electron chi connectivity index (χ0n) is 24.2. The van der Waals surface area contributed by atoms with Crippen LogP contribution < -0.4 is 10.2 Å². The van der Waals surface area contributed by atoms with E-state index in [9.17, 15) is 14.7 Å². The van der Waals surface area contributed by atoms with Gasteiger partial charge in [-0.05, 0) is 44.7 Å². The highest BCUT2D eigenvalue weighted by molar-refractivity contribution is 5.89. The van der Waals surface area contributed by atoms with Crippen molar-refractivity contribution < 1.29 is 19.4 Å². The minimum absolute atomic E-state index is 0.0134. The van der Waals surface area contributed by atoms with Crippen molar-refractivity contribution >= 4 is 23.3 Å². The first-order valence-electron chi connectivity index (χ1n) is 14.2. The van der Waals surface area contributed by atoms with Gasteiger partial charge in [0.15, 0.2) is 0 Å². The van der Waals surface area contributed by atoms with Gasteiger partial charge in [0.25, 0.3) is 0 Å². The number of benzene rings is 1. The number of urea groups is 1. The fraction of sp³-hybridized carbons (Fsp3) is 0.643. The number of carbonyl (C=O) groups is 2. The van der Waals surface area contributed by atoms with E-state index in [1.54, 1.807) is 27.7 Å². The SMILES string of the molecule is C[C@H](CO)N1C[C@H](C)[C@H](CN(C)C(=O)Nc2ccc(N3CCN(C)CC3)cc2)OCc2cnnn2CCCC1=O. The lowest BCUT2D eigenvalue weighted by Crippen LogP contribution is -2.48. The van der Waals surface area contributed by atoms with Crippen molar-refractivity contribution in [3.8, 4) is 0 Å². The molecular formula is C28H44N8O4. The topological polar surface area (TPSA) is 119 Å². The summed E-state index contributed by atoms with van der Waals surface area (Å²) in [6, 6.07) is 7.41. The lowest BCUT2D eigenvalue weighted by atomic mass is 10.0. The average molecular weight is 557 g/mol. The first-order chi connectivity index (χ1) is 19.2. The second-order valence-electron chi connectivity index (χ2n) is 11.1. The normalized spacial score (nSPS) is 22.2. The Kier molecular flexibility index (Phi) is 10.3. The Morgan fingerprint density at radius 3 is 2.62 bits per heavy atom. The molecule has 1 saturated heterocycles. The lowest BCUT2D eigenvalue weighted by Gasteiger charge is -2.35. The molecule has 0 bridgehead atoms. The van der Waals surface area contributed by atoms with E-state index in [-0.39, 0.29) is 36.6 Å². The van der Waals surface area contributed by atoms with Crippen LogP contribution in [0, 0.1) is 5.92 Å². The summed E-state index contributed by atoms with van der Waals surface area (Å²) in [4.78, 5) is 34.2. The van der Waals surface area contributed by atoms with E-state index in [0.29, 0.717) is 39.1 Å². The number of ether oxygens (including phenoxy) is 1. The summed E-state index contributed by atoms with van der Waals surface area (Å²) in [5.41, 5.74) is 2.71. The van der Waals surface area contributed by atoms with Crippen LogP contribution in [0.3, 0.4) is 0 Å². The molecule has 2 aliphatic heterocycles. The fourth-order valence-corrected chi connectivity index (χ4v) is 5.14. The van der Waals surface area contributed by atoms with Gasteiger partial charge in [-0.2, -0.15) is 0 Å². The molecule has 2 aromatic rings.